The highest BCUT2D eigenvalue weighted by atomic mass is 16.6. The minimum Gasteiger partial charge on any atom is -0.497 e. The molecule has 2 unspecified atom stereocenters. The molecule has 1 aromatic heterocycles. The van der Waals surface area contributed by atoms with E-state index in [2.05, 4.69) is 22.0 Å². The van der Waals surface area contributed by atoms with Crippen LogP contribution in [0.2, 0.25) is 0 Å². The van der Waals surface area contributed by atoms with Crippen LogP contribution in [0.4, 0.5) is 0 Å². The van der Waals surface area contributed by atoms with E-state index in [0.717, 1.165) is 50.4 Å². The zero-order chi connectivity index (χ0) is 17.8. The second-order valence-electron chi connectivity index (χ2n) is 7.29. The van der Waals surface area contributed by atoms with Crippen LogP contribution in [0, 0.1) is 0 Å². The molecule has 26 heavy (non-hydrogen) atoms. The molecule has 0 bridgehead atoms. The number of hydrogen-bond acceptors (Lipinski definition) is 5. The van der Waals surface area contributed by atoms with Gasteiger partial charge < -0.3 is 14.2 Å². The van der Waals surface area contributed by atoms with Gasteiger partial charge in [0.1, 0.15) is 17.6 Å². The number of hydrogen-bond donors (Lipinski definition) is 0. The van der Waals surface area contributed by atoms with Gasteiger partial charge in [-0.15, -0.1) is 0 Å². The van der Waals surface area contributed by atoms with Crippen LogP contribution >= 0.6 is 0 Å². The van der Waals surface area contributed by atoms with Crippen molar-refractivity contribution in [2.45, 2.75) is 37.5 Å². The topological polar surface area (TPSA) is 43.8 Å². The number of rotatable bonds is 5. The smallest absolute Gasteiger partial charge is 0.138 e. The van der Waals surface area contributed by atoms with E-state index in [1.54, 1.807) is 19.5 Å². The van der Waals surface area contributed by atoms with Gasteiger partial charge in [-0.1, -0.05) is 12.1 Å². The minimum absolute atomic E-state index is 0.0718. The Bertz CT molecular complexity index is 707. The molecule has 0 saturated carbocycles. The van der Waals surface area contributed by atoms with Crippen molar-refractivity contribution < 1.29 is 14.2 Å². The van der Waals surface area contributed by atoms with Crippen molar-refractivity contribution in [1.29, 1.82) is 0 Å². The summed E-state index contributed by atoms with van der Waals surface area (Å²) in [7, 11) is 1.70. The van der Waals surface area contributed by atoms with Crippen molar-refractivity contribution in [3.05, 3.63) is 54.4 Å². The summed E-state index contributed by atoms with van der Waals surface area (Å²) in [4.78, 5) is 6.62. The number of methoxy groups -OCH3 is 1. The summed E-state index contributed by atoms with van der Waals surface area (Å²) < 4.78 is 17.6. The standard InChI is InChI=1S/C21H26N2O3/c1-24-18-7-5-17(6-8-18)14-23-11-3-9-21(16-23)12-20(15-25-21)26-19-4-2-10-22-13-19/h2,4-8,10,13,20H,3,9,11-12,14-16H2,1H3. The number of piperidine rings is 1. The van der Waals surface area contributed by atoms with E-state index in [-0.39, 0.29) is 11.7 Å². The van der Waals surface area contributed by atoms with Crippen molar-refractivity contribution in [1.82, 2.24) is 9.88 Å². The van der Waals surface area contributed by atoms with Crippen LogP contribution in [0.1, 0.15) is 24.8 Å². The quantitative estimate of drug-likeness (QED) is 0.824. The average molecular weight is 354 g/mol. The average Bonchev–Trinajstić information content (AvgIpc) is 3.05. The molecule has 0 aliphatic carbocycles. The van der Waals surface area contributed by atoms with Crippen LogP contribution in [0.25, 0.3) is 0 Å². The molecular weight excluding hydrogens is 328 g/mol. The lowest BCUT2D eigenvalue weighted by Crippen LogP contribution is -2.47. The first-order chi connectivity index (χ1) is 12.7. The van der Waals surface area contributed by atoms with Gasteiger partial charge >= 0.3 is 0 Å². The first kappa shape index (κ1) is 17.3. The van der Waals surface area contributed by atoms with Gasteiger partial charge in [-0.3, -0.25) is 9.88 Å². The Morgan fingerprint density at radius 3 is 2.88 bits per heavy atom. The van der Waals surface area contributed by atoms with Crippen LogP contribution in [0.15, 0.2) is 48.8 Å². The van der Waals surface area contributed by atoms with Crippen molar-refractivity contribution >= 4 is 0 Å². The molecule has 0 amide bonds. The van der Waals surface area contributed by atoms with E-state index < -0.39 is 0 Å². The van der Waals surface area contributed by atoms with Crippen molar-refractivity contribution in [2.75, 3.05) is 26.8 Å². The number of aromatic nitrogens is 1. The Morgan fingerprint density at radius 2 is 2.12 bits per heavy atom. The predicted octanol–water partition coefficient (Wildman–Crippen LogP) is 3.29. The van der Waals surface area contributed by atoms with Crippen molar-refractivity contribution in [2.24, 2.45) is 0 Å². The van der Waals surface area contributed by atoms with Crippen LogP contribution < -0.4 is 9.47 Å². The summed E-state index contributed by atoms with van der Waals surface area (Å²) in [6.45, 7) is 3.69. The maximum atomic E-state index is 6.26. The lowest BCUT2D eigenvalue weighted by molar-refractivity contribution is -0.0538. The molecular formula is C21H26N2O3. The SMILES string of the molecule is COc1ccc(CN2CCCC3(CC(Oc4cccnc4)CO3)C2)cc1. The van der Waals surface area contributed by atoms with E-state index >= 15 is 0 Å². The largest absolute Gasteiger partial charge is 0.497 e. The van der Waals surface area contributed by atoms with Crippen molar-refractivity contribution in [3.63, 3.8) is 0 Å². The molecule has 138 valence electrons. The van der Waals surface area contributed by atoms with Gasteiger partial charge in [-0.25, -0.2) is 0 Å². The predicted molar refractivity (Wildman–Crippen MR) is 99.5 cm³/mol. The van der Waals surface area contributed by atoms with Gasteiger partial charge in [0.05, 0.1) is 25.5 Å². The highest BCUT2D eigenvalue weighted by molar-refractivity contribution is 5.27. The number of likely N-dealkylation sites (tertiary alicyclic amines) is 1. The van der Waals surface area contributed by atoms with Crippen molar-refractivity contribution in [3.8, 4) is 11.5 Å². The molecule has 2 aliphatic heterocycles. The van der Waals surface area contributed by atoms with Gasteiger partial charge in [-0.05, 0) is 49.2 Å². The fourth-order valence-corrected chi connectivity index (χ4v) is 4.09. The van der Waals surface area contributed by atoms with E-state index in [1.807, 2.05) is 24.3 Å². The molecule has 2 fully saturated rings. The summed E-state index contributed by atoms with van der Waals surface area (Å²) >= 11 is 0. The Morgan fingerprint density at radius 1 is 1.23 bits per heavy atom. The van der Waals surface area contributed by atoms with Gasteiger partial charge in [0.25, 0.3) is 0 Å². The van der Waals surface area contributed by atoms with E-state index in [9.17, 15) is 0 Å². The van der Waals surface area contributed by atoms with E-state index in [4.69, 9.17) is 14.2 Å². The van der Waals surface area contributed by atoms with Gasteiger partial charge in [0, 0.05) is 25.7 Å². The monoisotopic (exact) mass is 354 g/mol. The molecule has 2 atom stereocenters. The second kappa shape index (κ2) is 7.64. The molecule has 4 rings (SSSR count). The highest BCUT2D eigenvalue weighted by Crippen LogP contribution is 2.36. The number of pyridine rings is 1. The second-order valence-corrected chi connectivity index (χ2v) is 7.29. The van der Waals surface area contributed by atoms with E-state index in [1.165, 1.54) is 5.56 Å². The Kier molecular flexibility index (Phi) is 5.09. The molecule has 0 N–H and O–H groups in total. The number of ether oxygens (including phenoxy) is 3. The first-order valence-electron chi connectivity index (χ1n) is 9.31. The maximum Gasteiger partial charge on any atom is 0.138 e. The summed E-state index contributed by atoms with van der Waals surface area (Å²) in [6, 6.07) is 12.2. The first-order valence-corrected chi connectivity index (χ1v) is 9.31. The molecule has 1 spiro atoms. The number of nitrogens with zero attached hydrogens (tertiary/aromatic N) is 2. The van der Waals surface area contributed by atoms with Gasteiger partial charge in [-0.2, -0.15) is 0 Å². The minimum atomic E-state index is -0.0718. The zero-order valence-electron chi connectivity index (χ0n) is 15.3. The van der Waals surface area contributed by atoms with Gasteiger partial charge in [0.15, 0.2) is 0 Å². The van der Waals surface area contributed by atoms with Crippen LogP contribution in [-0.2, 0) is 11.3 Å². The molecule has 5 nitrogen and oxygen atoms in total. The molecule has 2 aliphatic rings. The summed E-state index contributed by atoms with van der Waals surface area (Å²) in [5.41, 5.74) is 1.24. The van der Waals surface area contributed by atoms with Gasteiger partial charge in [0.2, 0.25) is 0 Å². The van der Waals surface area contributed by atoms with Crippen LogP contribution in [0.3, 0.4) is 0 Å². The fourth-order valence-electron chi connectivity index (χ4n) is 4.09. The molecule has 2 aromatic rings. The molecule has 0 radical (unpaired) electrons. The van der Waals surface area contributed by atoms with Crippen LogP contribution in [0.5, 0.6) is 11.5 Å². The summed E-state index contributed by atoms with van der Waals surface area (Å²) in [5, 5.41) is 0. The Balaban J connectivity index is 1.35. The third-order valence-electron chi connectivity index (χ3n) is 5.30. The lowest BCUT2D eigenvalue weighted by Gasteiger charge is -2.39. The third-order valence-corrected chi connectivity index (χ3v) is 5.30. The zero-order valence-corrected chi connectivity index (χ0v) is 15.3. The summed E-state index contributed by atoms with van der Waals surface area (Å²) in [5.74, 6) is 1.72. The molecule has 1 aromatic carbocycles. The lowest BCUT2D eigenvalue weighted by atomic mass is 9.89. The highest BCUT2D eigenvalue weighted by Gasteiger charge is 2.44. The summed E-state index contributed by atoms with van der Waals surface area (Å²) in [6.07, 6.45) is 6.86. The third kappa shape index (κ3) is 4.00. The maximum absolute atomic E-state index is 6.26. The molecule has 2 saturated heterocycles. The Labute approximate surface area is 154 Å². The fraction of sp³-hybridized carbons (Fsp3) is 0.476. The Hall–Kier alpha value is -2.11. The van der Waals surface area contributed by atoms with E-state index in [0.29, 0.717) is 6.61 Å². The number of benzene rings is 1. The molecule has 3 heterocycles. The molecule has 5 heteroatoms. The van der Waals surface area contributed by atoms with Crippen LogP contribution in [-0.4, -0.2) is 48.4 Å². The normalized spacial score (nSPS) is 26.1.